The van der Waals surface area contributed by atoms with Gasteiger partial charge in [0.25, 0.3) is 11.8 Å². The van der Waals surface area contributed by atoms with E-state index in [4.69, 9.17) is 9.47 Å². The van der Waals surface area contributed by atoms with Crippen LogP contribution in [0.15, 0.2) is 42.5 Å². The number of methoxy groups -OCH3 is 1. The Morgan fingerprint density at radius 2 is 1.86 bits per heavy atom. The van der Waals surface area contributed by atoms with Crippen LogP contribution < -0.4 is 20.3 Å². The van der Waals surface area contributed by atoms with E-state index in [2.05, 4.69) is 10.6 Å². The average molecular weight is 399 g/mol. The van der Waals surface area contributed by atoms with Crippen LogP contribution in [0, 0.1) is 0 Å². The molecule has 0 aliphatic carbocycles. The van der Waals surface area contributed by atoms with Gasteiger partial charge >= 0.3 is 0 Å². The largest absolute Gasteiger partial charge is 0.497 e. The first kappa shape index (κ1) is 22.2. The molecule has 2 amide bonds. The first-order valence-corrected chi connectivity index (χ1v) is 9.59. The maximum atomic E-state index is 12.7. The molecular weight excluding hydrogens is 370 g/mol. The number of hydrogen-bond donors (Lipinski definition) is 2. The zero-order valence-corrected chi connectivity index (χ0v) is 17.5. The highest BCUT2D eigenvalue weighted by Crippen LogP contribution is 2.24. The molecule has 2 aromatic carbocycles. The predicted molar refractivity (Wildman–Crippen MR) is 115 cm³/mol. The Morgan fingerprint density at radius 1 is 1.07 bits per heavy atom. The standard InChI is InChI=1S/C22H29N3O4/c1-5-29-13-7-12-23-22(27)19-15-17(10-11-20(19)25(2)3)24-21(26)16-8-6-9-18(14-16)28-4/h6,8-11,14-15H,5,7,12-13H2,1-4H3,(H,23,27)(H,24,26). The van der Waals surface area contributed by atoms with E-state index in [1.165, 1.54) is 0 Å². The molecule has 0 unspecified atom stereocenters. The molecule has 0 atom stereocenters. The molecule has 0 saturated heterocycles. The van der Waals surface area contributed by atoms with Gasteiger partial charge in [-0.05, 0) is 49.7 Å². The van der Waals surface area contributed by atoms with E-state index in [0.29, 0.717) is 42.3 Å². The van der Waals surface area contributed by atoms with Crippen LogP contribution in [0.2, 0.25) is 0 Å². The Balaban J connectivity index is 2.14. The number of hydrogen-bond acceptors (Lipinski definition) is 5. The van der Waals surface area contributed by atoms with Crippen LogP contribution in [0.25, 0.3) is 0 Å². The molecule has 0 spiro atoms. The van der Waals surface area contributed by atoms with Crippen LogP contribution in [0.1, 0.15) is 34.1 Å². The smallest absolute Gasteiger partial charge is 0.255 e. The molecule has 2 rings (SSSR count). The van der Waals surface area contributed by atoms with Crippen LogP contribution in [-0.2, 0) is 4.74 Å². The Kier molecular flexibility index (Phi) is 8.48. The van der Waals surface area contributed by atoms with Gasteiger partial charge in [-0.15, -0.1) is 0 Å². The number of ether oxygens (including phenoxy) is 2. The molecular formula is C22H29N3O4. The number of carbonyl (C=O) groups excluding carboxylic acids is 2. The molecule has 0 bridgehead atoms. The lowest BCUT2D eigenvalue weighted by atomic mass is 10.1. The Hall–Kier alpha value is -3.06. The third kappa shape index (κ3) is 6.50. The summed E-state index contributed by atoms with van der Waals surface area (Å²) in [6.45, 7) is 3.72. The lowest BCUT2D eigenvalue weighted by Gasteiger charge is -2.18. The number of rotatable bonds is 10. The summed E-state index contributed by atoms with van der Waals surface area (Å²) < 4.78 is 10.5. The number of nitrogens with one attached hydrogen (secondary N) is 2. The van der Waals surface area contributed by atoms with Gasteiger partial charge in [-0.2, -0.15) is 0 Å². The van der Waals surface area contributed by atoms with E-state index in [1.54, 1.807) is 43.5 Å². The minimum absolute atomic E-state index is 0.192. The summed E-state index contributed by atoms with van der Waals surface area (Å²) in [6.07, 6.45) is 0.739. The molecule has 0 saturated carbocycles. The molecule has 7 nitrogen and oxygen atoms in total. The summed E-state index contributed by atoms with van der Waals surface area (Å²) >= 11 is 0. The van der Waals surface area contributed by atoms with Crippen LogP contribution in [-0.4, -0.2) is 52.8 Å². The van der Waals surface area contributed by atoms with Crippen molar-refractivity contribution in [1.82, 2.24) is 5.32 Å². The van der Waals surface area contributed by atoms with Crippen LogP contribution >= 0.6 is 0 Å². The van der Waals surface area contributed by atoms with Crippen molar-refractivity contribution in [2.75, 3.05) is 51.2 Å². The third-order valence-corrected chi connectivity index (χ3v) is 4.27. The third-order valence-electron chi connectivity index (χ3n) is 4.27. The summed E-state index contributed by atoms with van der Waals surface area (Å²) in [6, 6.07) is 12.2. The second kappa shape index (κ2) is 11.1. The van der Waals surface area contributed by atoms with Crippen molar-refractivity contribution < 1.29 is 19.1 Å². The van der Waals surface area contributed by atoms with Crippen molar-refractivity contribution in [2.45, 2.75) is 13.3 Å². The zero-order valence-electron chi connectivity index (χ0n) is 17.5. The fourth-order valence-corrected chi connectivity index (χ4v) is 2.77. The van der Waals surface area contributed by atoms with Gasteiger partial charge in [0.1, 0.15) is 5.75 Å². The maximum absolute atomic E-state index is 12.7. The zero-order chi connectivity index (χ0) is 21.2. The summed E-state index contributed by atoms with van der Waals surface area (Å²) in [5.74, 6) is 0.139. The average Bonchev–Trinajstić information content (AvgIpc) is 2.73. The van der Waals surface area contributed by atoms with E-state index in [-0.39, 0.29) is 11.8 Å². The second-order valence-electron chi connectivity index (χ2n) is 6.62. The summed E-state index contributed by atoms with van der Waals surface area (Å²) in [5.41, 5.74) is 2.28. The van der Waals surface area contributed by atoms with E-state index in [9.17, 15) is 9.59 Å². The van der Waals surface area contributed by atoms with Gasteiger partial charge in [0.05, 0.1) is 12.7 Å². The lowest BCUT2D eigenvalue weighted by Crippen LogP contribution is -2.27. The molecule has 0 aliphatic heterocycles. The molecule has 0 heterocycles. The van der Waals surface area contributed by atoms with Gasteiger partial charge in [-0.3, -0.25) is 9.59 Å². The van der Waals surface area contributed by atoms with Gasteiger partial charge in [0.15, 0.2) is 0 Å². The monoisotopic (exact) mass is 399 g/mol. The molecule has 7 heteroatoms. The van der Waals surface area contributed by atoms with Crippen molar-refractivity contribution in [2.24, 2.45) is 0 Å². The number of carbonyl (C=O) groups is 2. The highest BCUT2D eigenvalue weighted by molar-refractivity contribution is 6.06. The number of anilines is 2. The normalized spacial score (nSPS) is 10.3. The van der Waals surface area contributed by atoms with Crippen LogP contribution in [0.5, 0.6) is 5.75 Å². The van der Waals surface area contributed by atoms with Gasteiger partial charge in [-0.1, -0.05) is 6.07 Å². The number of benzene rings is 2. The maximum Gasteiger partial charge on any atom is 0.255 e. The highest BCUT2D eigenvalue weighted by Gasteiger charge is 2.15. The quantitative estimate of drug-likeness (QED) is 0.600. The summed E-state index contributed by atoms with van der Waals surface area (Å²) in [7, 11) is 5.29. The topological polar surface area (TPSA) is 79.9 Å². The minimum atomic E-state index is -0.274. The van der Waals surface area contributed by atoms with Gasteiger partial charge in [0, 0.05) is 50.8 Å². The van der Waals surface area contributed by atoms with Gasteiger partial charge in [-0.25, -0.2) is 0 Å². The van der Waals surface area contributed by atoms with Crippen LogP contribution in [0.4, 0.5) is 11.4 Å². The molecule has 0 aliphatic rings. The fraction of sp³-hybridized carbons (Fsp3) is 0.364. The fourth-order valence-electron chi connectivity index (χ4n) is 2.77. The molecule has 29 heavy (non-hydrogen) atoms. The second-order valence-corrected chi connectivity index (χ2v) is 6.62. The van der Waals surface area contributed by atoms with Crippen molar-refractivity contribution in [3.05, 3.63) is 53.6 Å². The first-order chi connectivity index (χ1) is 14.0. The SMILES string of the molecule is CCOCCCNC(=O)c1cc(NC(=O)c2cccc(OC)c2)ccc1N(C)C. The Labute approximate surface area is 172 Å². The van der Waals surface area contributed by atoms with Crippen molar-refractivity contribution in [3.63, 3.8) is 0 Å². The molecule has 0 aromatic heterocycles. The minimum Gasteiger partial charge on any atom is -0.497 e. The lowest BCUT2D eigenvalue weighted by molar-refractivity contribution is 0.0943. The predicted octanol–water partition coefficient (Wildman–Crippen LogP) is 3.17. The van der Waals surface area contributed by atoms with E-state index >= 15 is 0 Å². The summed E-state index contributed by atoms with van der Waals surface area (Å²) in [4.78, 5) is 27.1. The molecule has 156 valence electrons. The molecule has 2 N–H and O–H groups in total. The summed E-state index contributed by atoms with van der Waals surface area (Å²) in [5, 5.41) is 5.75. The first-order valence-electron chi connectivity index (χ1n) is 9.59. The molecule has 0 radical (unpaired) electrons. The highest BCUT2D eigenvalue weighted by atomic mass is 16.5. The Bertz CT molecular complexity index is 837. The van der Waals surface area contributed by atoms with Gasteiger partial charge < -0.3 is 25.0 Å². The molecule has 2 aromatic rings. The number of amides is 2. The van der Waals surface area contributed by atoms with E-state index in [1.807, 2.05) is 32.0 Å². The Morgan fingerprint density at radius 3 is 2.55 bits per heavy atom. The van der Waals surface area contributed by atoms with Crippen molar-refractivity contribution >= 4 is 23.2 Å². The van der Waals surface area contributed by atoms with Crippen LogP contribution in [0.3, 0.4) is 0 Å². The molecule has 0 fully saturated rings. The number of nitrogens with zero attached hydrogens (tertiary/aromatic N) is 1. The van der Waals surface area contributed by atoms with E-state index < -0.39 is 0 Å². The van der Waals surface area contributed by atoms with E-state index in [0.717, 1.165) is 12.1 Å². The van der Waals surface area contributed by atoms with Crippen molar-refractivity contribution in [3.8, 4) is 5.75 Å². The van der Waals surface area contributed by atoms with Gasteiger partial charge in [0.2, 0.25) is 0 Å². The van der Waals surface area contributed by atoms with Crippen molar-refractivity contribution in [1.29, 1.82) is 0 Å².